The molecule has 6 nitrogen and oxygen atoms in total. The summed E-state index contributed by atoms with van der Waals surface area (Å²) in [7, 11) is 0. The first-order chi connectivity index (χ1) is 10.6. The van der Waals surface area contributed by atoms with Crippen LogP contribution >= 0.6 is 0 Å². The average molecular weight is 297 g/mol. The molecule has 2 unspecified atom stereocenters. The number of hydrogen-bond donors (Lipinski definition) is 1. The number of rotatable bonds is 2. The lowest BCUT2D eigenvalue weighted by Gasteiger charge is -2.19. The number of ketones is 1. The van der Waals surface area contributed by atoms with Crippen molar-refractivity contribution >= 4 is 11.7 Å². The van der Waals surface area contributed by atoms with Crippen molar-refractivity contribution in [2.45, 2.75) is 25.5 Å². The molecule has 0 bridgehead atoms. The zero-order chi connectivity index (χ0) is 15.5. The Morgan fingerprint density at radius 2 is 2.14 bits per heavy atom. The number of amides is 1. The number of nitrogens with zero attached hydrogens (tertiary/aromatic N) is 2. The van der Waals surface area contributed by atoms with E-state index in [2.05, 4.69) is 15.3 Å². The maximum Gasteiger partial charge on any atom is 0.217 e. The molecule has 112 valence electrons. The molecular weight excluding hydrogens is 282 g/mol. The van der Waals surface area contributed by atoms with Crippen molar-refractivity contribution in [3.63, 3.8) is 0 Å². The molecule has 2 heterocycles. The SMILES string of the molecule is CC(=O)NC1CC(c2cnccn2)Oc2ccccc2C1=O. The number of fused-ring (bicyclic) bond motifs is 1. The molecule has 1 amide bonds. The van der Waals surface area contributed by atoms with Crippen LogP contribution in [0.25, 0.3) is 0 Å². The Morgan fingerprint density at radius 1 is 1.32 bits per heavy atom. The second-order valence-corrected chi connectivity index (χ2v) is 5.09. The smallest absolute Gasteiger partial charge is 0.217 e. The first-order valence-electron chi connectivity index (χ1n) is 6.98. The predicted molar refractivity (Wildman–Crippen MR) is 78.4 cm³/mol. The molecule has 2 atom stereocenters. The highest BCUT2D eigenvalue weighted by Crippen LogP contribution is 2.32. The summed E-state index contributed by atoms with van der Waals surface area (Å²) < 4.78 is 5.95. The summed E-state index contributed by atoms with van der Waals surface area (Å²) in [4.78, 5) is 32.3. The molecule has 22 heavy (non-hydrogen) atoms. The fraction of sp³-hybridized carbons (Fsp3) is 0.250. The number of hydrogen-bond acceptors (Lipinski definition) is 5. The summed E-state index contributed by atoms with van der Waals surface area (Å²) in [5.41, 5.74) is 1.09. The molecule has 1 aliphatic heterocycles. The van der Waals surface area contributed by atoms with E-state index >= 15 is 0 Å². The lowest BCUT2D eigenvalue weighted by atomic mass is 9.99. The third-order valence-electron chi connectivity index (χ3n) is 3.48. The third kappa shape index (κ3) is 2.81. The van der Waals surface area contributed by atoms with Gasteiger partial charge in [0.15, 0.2) is 5.78 Å². The molecule has 0 radical (unpaired) electrons. The number of aromatic nitrogens is 2. The van der Waals surface area contributed by atoms with Crippen LogP contribution in [0.15, 0.2) is 42.9 Å². The van der Waals surface area contributed by atoms with E-state index in [-0.39, 0.29) is 11.7 Å². The summed E-state index contributed by atoms with van der Waals surface area (Å²) in [5, 5.41) is 2.70. The molecule has 1 aromatic carbocycles. The second-order valence-electron chi connectivity index (χ2n) is 5.09. The summed E-state index contributed by atoms with van der Waals surface area (Å²) in [5.74, 6) is 0.0869. The Bertz CT molecular complexity index is 703. The van der Waals surface area contributed by atoms with Gasteiger partial charge in [0.2, 0.25) is 5.91 Å². The van der Waals surface area contributed by atoms with Crippen LogP contribution in [0.5, 0.6) is 5.75 Å². The topological polar surface area (TPSA) is 81.2 Å². The van der Waals surface area contributed by atoms with Crippen LogP contribution < -0.4 is 10.1 Å². The number of carbonyl (C=O) groups is 2. The molecule has 6 heteroatoms. The second kappa shape index (κ2) is 5.93. The van der Waals surface area contributed by atoms with E-state index in [1.54, 1.807) is 42.9 Å². The molecule has 1 aliphatic rings. The lowest BCUT2D eigenvalue weighted by molar-refractivity contribution is -0.119. The van der Waals surface area contributed by atoms with Gasteiger partial charge in [0.1, 0.15) is 11.9 Å². The van der Waals surface area contributed by atoms with Gasteiger partial charge in [0.25, 0.3) is 0 Å². The summed E-state index contributed by atoms with van der Waals surface area (Å²) in [6, 6.07) is 6.37. The van der Waals surface area contributed by atoms with Gasteiger partial charge in [-0.15, -0.1) is 0 Å². The van der Waals surface area contributed by atoms with Crippen LogP contribution in [0.3, 0.4) is 0 Å². The molecule has 0 spiro atoms. The fourth-order valence-electron chi connectivity index (χ4n) is 2.51. The Hall–Kier alpha value is -2.76. The molecule has 3 rings (SSSR count). The van der Waals surface area contributed by atoms with Crippen molar-refractivity contribution in [1.82, 2.24) is 15.3 Å². The molecule has 2 aromatic rings. The van der Waals surface area contributed by atoms with Crippen molar-refractivity contribution < 1.29 is 14.3 Å². The van der Waals surface area contributed by atoms with Crippen molar-refractivity contribution in [2.24, 2.45) is 0 Å². The highest BCUT2D eigenvalue weighted by atomic mass is 16.5. The average Bonchev–Trinajstić information content (AvgIpc) is 2.66. The van der Waals surface area contributed by atoms with Gasteiger partial charge in [-0.1, -0.05) is 12.1 Å². The van der Waals surface area contributed by atoms with Gasteiger partial charge in [0, 0.05) is 25.7 Å². The molecule has 1 aromatic heterocycles. The van der Waals surface area contributed by atoms with E-state index in [0.717, 1.165) is 0 Å². The standard InChI is InChI=1S/C16H15N3O3/c1-10(20)19-12-8-15(13-9-17-6-7-18-13)22-14-5-3-2-4-11(14)16(12)21/h2-7,9,12,15H,8H2,1H3,(H,19,20). The van der Waals surface area contributed by atoms with E-state index in [1.165, 1.54) is 6.92 Å². The molecule has 1 N–H and O–H groups in total. The van der Waals surface area contributed by atoms with Gasteiger partial charge in [-0.05, 0) is 12.1 Å². The Kier molecular flexibility index (Phi) is 3.82. The first kappa shape index (κ1) is 14.2. The summed E-state index contributed by atoms with van der Waals surface area (Å²) in [6.45, 7) is 1.39. The Morgan fingerprint density at radius 3 is 2.86 bits per heavy atom. The third-order valence-corrected chi connectivity index (χ3v) is 3.48. The zero-order valence-electron chi connectivity index (χ0n) is 12.0. The Balaban J connectivity index is 2.01. The maximum absolute atomic E-state index is 12.6. The molecule has 0 saturated heterocycles. The van der Waals surface area contributed by atoms with E-state index in [9.17, 15) is 9.59 Å². The fourth-order valence-corrected chi connectivity index (χ4v) is 2.51. The maximum atomic E-state index is 12.6. The van der Waals surface area contributed by atoms with Crippen LogP contribution in [-0.2, 0) is 4.79 Å². The van der Waals surface area contributed by atoms with Crippen LogP contribution in [0.2, 0.25) is 0 Å². The molecular formula is C16H15N3O3. The van der Waals surface area contributed by atoms with Crippen LogP contribution in [0.1, 0.15) is 35.5 Å². The van der Waals surface area contributed by atoms with Gasteiger partial charge in [-0.2, -0.15) is 0 Å². The minimum atomic E-state index is -0.645. The number of ether oxygens (including phenoxy) is 1. The van der Waals surface area contributed by atoms with E-state index in [1.807, 2.05) is 0 Å². The van der Waals surface area contributed by atoms with Gasteiger partial charge in [0.05, 0.1) is 23.5 Å². The van der Waals surface area contributed by atoms with Crippen LogP contribution in [-0.4, -0.2) is 27.7 Å². The minimum Gasteiger partial charge on any atom is -0.483 e. The van der Waals surface area contributed by atoms with Gasteiger partial charge >= 0.3 is 0 Å². The first-order valence-corrected chi connectivity index (χ1v) is 6.98. The van der Waals surface area contributed by atoms with Gasteiger partial charge < -0.3 is 10.1 Å². The van der Waals surface area contributed by atoms with Crippen LogP contribution in [0.4, 0.5) is 0 Å². The monoisotopic (exact) mass is 297 g/mol. The quantitative estimate of drug-likeness (QED) is 0.912. The Labute approximate surface area is 127 Å². The number of para-hydroxylation sites is 1. The number of benzene rings is 1. The lowest BCUT2D eigenvalue weighted by Crippen LogP contribution is -2.40. The summed E-state index contributed by atoms with van der Waals surface area (Å²) >= 11 is 0. The van der Waals surface area contributed by atoms with Crippen molar-refractivity contribution in [2.75, 3.05) is 0 Å². The highest BCUT2D eigenvalue weighted by molar-refractivity contribution is 6.04. The number of Topliss-reactive ketones (excluding diaryl/α,β-unsaturated/α-hetero) is 1. The van der Waals surface area contributed by atoms with E-state index in [4.69, 9.17) is 4.74 Å². The summed E-state index contributed by atoms with van der Waals surface area (Å²) in [6.07, 6.45) is 4.62. The van der Waals surface area contributed by atoms with E-state index in [0.29, 0.717) is 23.4 Å². The minimum absolute atomic E-state index is 0.155. The largest absolute Gasteiger partial charge is 0.483 e. The molecule has 0 fully saturated rings. The molecule has 0 aliphatic carbocycles. The highest BCUT2D eigenvalue weighted by Gasteiger charge is 2.33. The molecule has 0 saturated carbocycles. The van der Waals surface area contributed by atoms with Gasteiger partial charge in [-0.25, -0.2) is 0 Å². The predicted octanol–water partition coefficient (Wildman–Crippen LogP) is 1.69. The number of nitrogens with one attached hydrogen (secondary N) is 1. The van der Waals surface area contributed by atoms with E-state index < -0.39 is 12.1 Å². The number of carbonyl (C=O) groups excluding carboxylic acids is 2. The van der Waals surface area contributed by atoms with Crippen molar-refractivity contribution in [1.29, 1.82) is 0 Å². The van der Waals surface area contributed by atoms with Crippen LogP contribution in [0, 0.1) is 0 Å². The zero-order valence-corrected chi connectivity index (χ0v) is 12.0. The normalized spacial score (nSPS) is 20.5. The van der Waals surface area contributed by atoms with Crippen molar-refractivity contribution in [3.8, 4) is 5.75 Å². The van der Waals surface area contributed by atoms with Gasteiger partial charge in [-0.3, -0.25) is 19.6 Å². The van der Waals surface area contributed by atoms with Crippen molar-refractivity contribution in [3.05, 3.63) is 54.1 Å².